The Morgan fingerprint density at radius 3 is 1.76 bits per heavy atom. The molecule has 1 aliphatic heterocycles. The Balaban J connectivity index is 1.23. The van der Waals surface area contributed by atoms with Crippen molar-refractivity contribution in [3.63, 3.8) is 0 Å². The van der Waals surface area contributed by atoms with E-state index in [0.29, 0.717) is 29.0 Å². The maximum Gasteiger partial charge on any atom is 0.238 e. The summed E-state index contributed by atoms with van der Waals surface area (Å²) in [7, 11) is 1.62. The van der Waals surface area contributed by atoms with E-state index < -0.39 is 0 Å². The van der Waals surface area contributed by atoms with Crippen molar-refractivity contribution in [1.29, 1.82) is 0 Å². The average molecular weight is 387 g/mol. The van der Waals surface area contributed by atoms with Crippen molar-refractivity contribution in [2.24, 2.45) is 35.5 Å². The van der Waals surface area contributed by atoms with E-state index >= 15 is 0 Å². The van der Waals surface area contributed by atoms with Crippen molar-refractivity contribution in [2.75, 3.05) is 12.0 Å². The fourth-order valence-corrected chi connectivity index (χ4v) is 5.65. The number of hydrogen-bond acceptors (Lipinski definition) is 4. The van der Waals surface area contributed by atoms with E-state index in [-0.39, 0.29) is 35.5 Å². The quantitative estimate of drug-likeness (QED) is 0.587. The standard InChI is InChI=1S/C24H21NO4/c1-28-14-6-8-16(9-7-14)29-15-4-2-13(3-5-15)25-23(26)21-17-10-11-18(20-12-19(17)20)22(21)24(25)27/h2-11,17-22H,12H2,1H3/t17-,18-,19-,20+,21+,22+/m0/s1. The van der Waals surface area contributed by atoms with Crippen LogP contribution in [-0.4, -0.2) is 18.9 Å². The van der Waals surface area contributed by atoms with Gasteiger partial charge in [0.05, 0.1) is 24.6 Å². The molecule has 6 atom stereocenters. The lowest BCUT2D eigenvalue weighted by Gasteiger charge is -2.37. The van der Waals surface area contributed by atoms with Gasteiger partial charge < -0.3 is 9.47 Å². The van der Waals surface area contributed by atoms with Gasteiger partial charge in [-0.15, -0.1) is 0 Å². The number of rotatable bonds is 4. The number of carbonyl (C=O) groups is 2. The second-order valence-electron chi connectivity index (χ2n) is 8.44. The number of ether oxygens (including phenoxy) is 2. The Morgan fingerprint density at radius 2 is 1.24 bits per heavy atom. The zero-order valence-corrected chi connectivity index (χ0v) is 16.0. The molecule has 4 aliphatic carbocycles. The second kappa shape index (κ2) is 5.96. The summed E-state index contributed by atoms with van der Waals surface area (Å²) in [6.45, 7) is 0. The van der Waals surface area contributed by atoms with Gasteiger partial charge in [-0.3, -0.25) is 14.5 Å². The van der Waals surface area contributed by atoms with Crippen molar-refractivity contribution in [3.05, 3.63) is 60.7 Å². The lowest BCUT2D eigenvalue weighted by molar-refractivity contribution is -0.124. The van der Waals surface area contributed by atoms with Gasteiger partial charge in [-0.1, -0.05) is 12.2 Å². The van der Waals surface area contributed by atoms with Crippen LogP contribution < -0.4 is 14.4 Å². The Morgan fingerprint density at radius 1 is 0.759 bits per heavy atom. The monoisotopic (exact) mass is 387 g/mol. The van der Waals surface area contributed by atoms with Crippen LogP contribution in [0, 0.1) is 35.5 Å². The summed E-state index contributed by atoms with van der Waals surface area (Å²) in [5, 5.41) is 0. The number of carbonyl (C=O) groups excluding carboxylic acids is 2. The number of nitrogens with zero attached hydrogens (tertiary/aromatic N) is 1. The molecular weight excluding hydrogens is 366 g/mol. The minimum Gasteiger partial charge on any atom is -0.497 e. The average Bonchev–Trinajstić information content (AvgIpc) is 3.53. The van der Waals surface area contributed by atoms with E-state index in [1.165, 1.54) is 11.3 Å². The van der Waals surface area contributed by atoms with Crippen LogP contribution in [0.1, 0.15) is 6.42 Å². The van der Waals surface area contributed by atoms with Gasteiger partial charge in [0.25, 0.3) is 0 Å². The summed E-state index contributed by atoms with van der Waals surface area (Å²) in [6, 6.07) is 14.5. The second-order valence-corrected chi connectivity index (χ2v) is 8.44. The highest BCUT2D eigenvalue weighted by molar-refractivity contribution is 6.22. The van der Waals surface area contributed by atoms with E-state index in [1.807, 2.05) is 24.3 Å². The lowest BCUT2D eigenvalue weighted by atomic mass is 9.63. The topological polar surface area (TPSA) is 55.8 Å². The zero-order valence-electron chi connectivity index (χ0n) is 16.0. The molecule has 146 valence electrons. The molecule has 2 aromatic carbocycles. The number of benzene rings is 2. The predicted molar refractivity (Wildman–Crippen MR) is 107 cm³/mol. The van der Waals surface area contributed by atoms with Crippen LogP contribution in [0.15, 0.2) is 60.7 Å². The molecule has 29 heavy (non-hydrogen) atoms. The smallest absolute Gasteiger partial charge is 0.238 e. The SMILES string of the molecule is COc1ccc(Oc2ccc(N3C(=O)[C@@H]4[C@H]5C=C[C@@H]([C@@H]6C[C@H]56)[C@H]4C3=O)cc2)cc1. The first-order valence-corrected chi connectivity index (χ1v) is 10.1. The predicted octanol–water partition coefficient (Wildman–Crippen LogP) is 4.05. The lowest BCUT2D eigenvalue weighted by Crippen LogP contribution is -2.40. The number of anilines is 1. The Labute approximate surface area is 168 Å². The summed E-state index contributed by atoms with van der Waals surface area (Å²) >= 11 is 0. The largest absolute Gasteiger partial charge is 0.497 e. The number of amides is 2. The zero-order chi connectivity index (χ0) is 19.7. The third-order valence-corrected chi connectivity index (χ3v) is 7.05. The third kappa shape index (κ3) is 2.40. The molecule has 7 rings (SSSR count). The molecule has 0 aromatic heterocycles. The van der Waals surface area contributed by atoms with Gasteiger partial charge >= 0.3 is 0 Å². The van der Waals surface area contributed by atoms with Crippen molar-refractivity contribution in [3.8, 4) is 17.2 Å². The first-order valence-electron chi connectivity index (χ1n) is 10.1. The fraction of sp³-hybridized carbons (Fsp3) is 0.333. The first kappa shape index (κ1) is 16.8. The molecule has 0 unspecified atom stereocenters. The minimum atomic E-state index is -0.170. The molecule has 2 amide bonds. The van der Waals surface area contributed by atoms with Crippen molar-refractivity contribution >= 4 is 17.5 Å². The third-order valence-electron chi connectivity index (χ3n) is 7.05. The van der Waals surface area contributed by atoms with Crippen LogP contribution in [0.3, 0.4) is 0 Å². The summed E-state index contributed by atoms with van der Waals surface area (Å²) in [4.78, 5) is 27.7. The summed E-state index contributed by atoms with van der Waals surface area (Å²) in [6.07, 6.45) is 5.56. The Kier molecular flexibility index (Phi) is 3.46. The van der Waals surface area contributed by atoms with E-state index in [9.17, 15) is 9.59 Å². The molecule has 2 aromatic rings. The number of methoxy groups -OCH3 is 1. The van der Waals surface area contributed by atoms with Crippen molar-refractivity contribution < 1.29 is 19.1 Å². The van der Waals surface area contributed by atoms with E-state index in [1.54, 1.807) is 31.4 Å². The minimum absolute atomic E-state index is 0.0338. The number of allylic oxidation sites excluding steroid dienone is 2. The van der Waals surface area contributed by atoms with Crippen LogP contribution in [-0.2, 0) is 9.59 Å². The van der Waals surface area contributed by atoms with Crippen LogP contribution in [0.25, 0.3) is 0 Å². The van der Waals surface area contributed by atoms with Crippen molar-refractivity contribution in [2.45, 2.75) is 6.42 Å². The van der Waals surface area contributed by atoms with Gasteiger partial charge in [0, 0.05) is 0 Å². The molecule has 2 bridgehead atoms. The molecule has 5 nitrogen and oxygen atoms in total. The van der Waals surface area contributed by atoms with E-state index in [0.717, 1.165) is 5.75 Å². The van der Waals surface area contributed by atoms with Crippen LogP contribution in [0.2, 0.25) is 0 Å². The van der Waals surface area contributed by atoms with Crippen LogP contribution >= 0.6 is 0 Å². The molecule has 5 aliphatic rings. The molecule has 3 fully saturated rings. The van der Waals surface area contributed by atoms with Gasteiger partial charge in [-0.2, -0.15) is 0 Å². The summed E-state index contributed by atoms with van der Waals surface area (Å²) < 4.78 is 11.0. The first-order chi connectivity index (χ1) is 14.2. The highest BCUT2D eigenvalue weighted by Crippen LogP contribution is 2.65. The molecule has 0 N–H and O–H groups in total. The normalized spacial score (nSPS) is 33.5. The molecular formula is C24H21NO4. The summed E-state index contributed by atoms with van der Waals surface area (Å²) in [5.74, 6) is 3.42. The van der Waals surface area contributed by atoms with Gasteiger partial charge in [0.15, 0.2) is 0 Å². The van der Waals surface area contributed by atoms with E-state index in [4.69, 9.17) is 9.47 Å². The Hall–Kier alpha value is -3.08. The van der Waals surface area contributed by atoms with Gasteiger partial charge in [0.2, 0.25) is 11.8 Å². The number of imide groups is 1. The number of hydrogen-bond donors (Lipinski definition) is 0. The van der Waals surface area contributed by atoms with E-state index in [2.05, 4.69) is 12.2 Å². The van der Waals surface area contributed by atoms with Gasteiger partial charge in [0.1, 0.15) is 17.2 Å². The van der Waals surface area contributed by atoms with Crippen LogP contribution in [0.4, 0.5) is 5.69 Å². The van der Waals surface area contributed by atoms with Crippen molar-refractivity contribution in [1.82, 2.24) is 0 Å². The highest BCUT2D eigenvalue weighted by atomic mass is 16.5. The van der Waals surface area contributed by atoms with Gasteiger partial charge in [-0.05, 0) is 78.6 Å². The van der Waals surface area contributed by atoms with Crippen LogP contribution in [0.5, 0.6) is 17.2 Å². The van der Waals surface area contributed by atoms with Gasteiger partial charge in [-0.25, -0.2) is 0 Å². The maximum absolute atomic E-state index is 13.2. The molecule has 0 radical (unpaired) electrons. The molecule has 1 heterocycles. The Bertz CT molecular complexity index is 990. The molecule has 0 spiro atoms. The fourth-order valence-electron chi connectivity index (χ4n) is 5.65. The molecule has 2 saturated carbocycles. The maximum atomic E-state index is 13.2. The summed E-state index contributed by atoms with van der Waals surface area (Å²) in [5.41, 5.74) is 0.629. The highest BCUT2D eigenvalue weighted by Gasteiger charge is 2.67. The molecule has 1 saturated heterocycles. The molecule has 5 heteroatoms.